The van der Waals surface area contributed by atoms with Gasteiger partial charge in [0.25, 0.3) is 5.56 Å². The lowest BCUT2D eigenvalue weighted by molar-refractivity contribution is 0.514. The first kappa shape index (κ1) is 14.4. The van der Waals surface area contributed by atoms with Crippen LogP contribution in [0, 0.1) is 0 Å². The van der Waals surface area contributed by atoms with Gasteiger partial charge >= 0.3 is 5.69 Å². The molecule has 0 aliphatic heterocycles. The first-order valence-corrected chi connectivity index (χ1v) is 8.17. The van der Waals surface area contributed by atoms with E-state index in [1.54, 1.807) is 18.8 Å². The van der Waals surface area contributed by atoms with Crippen molar-refractivity contribution >= 4 is 22.9 Å². The molecule has 1 aliphatic rings. The molecule has 0 radical (unpaired) electrons. The van der Waals surface area contributed by atoms with Gasteiger partial charge in [0.2, 0.25) is 0 Å². The maximum atomic E-state index is 12.2. The number of imidazole rings is 1. The molecule has 2 aromatic rings. The van der Waals surface area contributed by atoms with Crippen molar-refractivity contribution < 1.29 is 0 Å². The minimum Gasteiger partial charge on any atom is -0.308 e. The highest BCUT2D eigenvalue weighted by molar-refractivity contribution is 7.99. The lowest BCUT2D eigenvalue weighted by Crippen LogP contribution is -2.37. The molecule has 0 N–H and O–H groups in total. The summed E-state index contributed by atoms with van der Waals surface area (Å²) in [4.78, 5) is 28.8. The minimum atomic E-state index is -0.320. The SMILES string of the molecule is Cn1c(=O)c2nc(SC3CCCCC3)n(C)c2n(C)c1=O. The molecule has 0 saturated heterocycles. The number of nitrogens with zero attached hydrogens (tertiary/aromatic N) is 4. The van der Waals surface area contributed by atoms with Gasteiger partial charge in [0, 0.05) is 26.4 Å². The van der Waals surface area contributed by atoms with Crippen LogP contribution in [0.15, 0.2) is 14.7 Å². The van der Waals surface area contributed by atoms with Crippen LogP contribution in [-0.4, -0.2) is 23.9 Å². The van der Waals surface area contributed by atoms with Crippen LogP contribution >= 0.6 is 11.8 Å². The van der Waals surface area contributed by atoms with Gasteiger partial charge in [-0.15, -0.1) is 0 Å². The molecule has 2 aromatic heterocycles. The average Bonchev–Trinajstić information content (AvgIpc) is 2.81. The Morgan fingerprint density at radius 1 is 1.00 bits per heavy atom. The summed E-state index contributed by atoms with van der Waals surface area (Å²) in [5, 5.41) is 1.39. The molecule has 114 valence electrons. The molecule has 0 unspecified atom stereocenters. The highest BCUT2D eigenvalue weighted by Gasteiger charge is 2.21. The lowest BCUT2D eigenvalue weighted by atomic mass is 10.0. The van der Waals surface area contributed by atoms with E-state index in [9.17, 15) is 9.59 Å². The third kappa shape index (κ3) is 2.33. The second-order valence-electron chi connectivity index (χ2n) is 5.71. The van der Waals surface area contributed by atoms with E-state index in [-0.39, 0.29) is 11.2 Å². The summed E-state index contributed by atoms with van der Waals surface area (Å²) in [6.07, 6.45) is 6.24. The number of aryl methyl sites for hydroxylation is 2. The summed E-state index contributed by atoms with van der Waals surface area (Å²) in [5.74, 6) is 0. The van der Waals surface area contributed by atoms with E-state index in [1.165, 1.54) is 43.7 Å². The third-order valence-electron chi connectivity index (χ3n) is 4.25. The molecule has 0 aromatic carbocycles. The van der Waals surface area contributed by atoms with Crippen LogP contribution in [0.4, 0.5) is 0 Å². The van der Waals surface area contributed by atoms with Crippen LogP contribution < -0.4 is 11.2 Å². The topological polar surface area (TPSA) is 61.8 Å². The fourth-order valence-electron chi connectivity index (χ4n) is 3.00. The maximum Gasteiger partial charge on any atom is 0.332 e. The molecule has 1 saturated carbocycles. The molecule has 0 atom stereocenters. The van der Waals surface area contributed by atoms with Crippen LogP contribution in [-0.2, 0) is 21.1 Å². The van der Waals surface area contributed by atoms with Crippen molar-refractivity contribution in [3.63, 3.8) is 0 Å². The molecular formula is C14H20N4O2S. The number of hydrogen-bond donors (Lipinski definition) is 0. The molecule has 7 heteroatoms. The first-order valence-electron chi connectivity index (χ1n) is 7.30. The Morgan fingerprint density at radius 2 is 1.67 bits per heavy atom. The van der Waals surface area contributed by atoms with Crippen LogP contribution in [0.25, 0.3) is 11.2 Å². The van der Waals surface area contributed by atoms with Gasteiger partial charge in [0.15, 0.2) is 16.3 Å². The van der Waals surface area contributed by atoms with E-state index in [2.05, 4.69) is 4.98 Å². The zero-order valence-corrected chi connectivity index (χ0v) is 13.4. The predicted octanol–water partition coefficient (Wildman–Crippen LogP) is 1.40. The normalized spacial score (nSPS) is 16.7. The number of thioether (sulfide) groups is 1. The van der Waals surface area contributed by atoms with Crippen molar-refractivity contribution in [1.82, 2.24) is 18.7 Å². The maximum absolute atomic E-state index is 12.2. The summed E-state index contributed by atoms with van der Waals surface area (Å²) < 4.78 is 4.48. The van der Waals surface area contributed by atoms with Gasteiger partial charge in [-0.1, -0.05) is 31.0 Å². The Balaban J connectivity index is 2.11. The summed E-state index contributed by atoms with van der Waals surface area (Å²) >= 11 is 1.73. The van der Waals surface area contributed by atoms with Gasteiger partial charge < -0.3 is 4.57 Å². The third-order valence-corrected chi connectivity index (χ3v) is 5.63. The van der Waals surface area contributed by atoms with E-state index in [1.807, 2.05) is 11.6 Å². The van der Waals surface area contributed by atoms with Gasteiger partial charge in [-0.05, 0) is 12.8 Å². The second-order valence-corrected chi connectivity index (χ2v) is 6.98. The number of rotatable bonds is 2. The van der Waals surface area contributed by atoms with Crippen molar-refractivity contribution in [3.8, 4) is 0 Å². The van der Waals surface area contributed by atoms with Crippen LogP contribution in [0.5, 0.6) is 0 Å². The molecule has 0 spiro atoms. The average molecular weight is 308 g/mol. The van der Waals surface area contributed by atoms with Crippen LogP contribution in [0.2, 0.25) is 0 Å². The van der Waals surface area contributed by atoms with E-state index < -0.39 is 0 Å². The van der Waals surface area contributed by atoms with Gasteiger partial charge in [-0.3, -0.25) is 13.9 Å². The van der Waals surface area contributed by atoms with Crippen molar-refractivity contribution in [2.24, 2.45) is 21.1 Å². The predicted molar refractivity (Wildman–Crippen MR) is 83.9 cm³/mol. The molecular weight excluding hydrogens is 288 g/mol. The summed E-state index contributed by atoms with van der Waals surface area (Å²) in [5.41, 5.74) is 0.339. The van der Waals surface area contributed by atoms with Crippen LogP contribution in [0.1, 0.15) is 32.1 Å². The van der Waals surface area contributed by atoms with Gasteiger partial charge in [-0.2, -0.15) is 0 Å². The first-order chi connectivity index (χ1) is 10.0. The van der Waals surface area contributed by atoms with Gasteiger partial charge in [-0.25, -0.2) is 9.78 Å². The standard InChI is InChI=1S/C14H20N4O2S/c1-16-11-10(12(19)18(3)14(20)17(11)2)15-13(16)21-9-7-5-4-6-8-9/h9H,4-8H2,1-3H3. The number of aromatic nitrogens is 4. The molecule has 0 amide bonds. The van der Waals surface area contributed by atoms with E-state index in [0.717, 1.165) is 9.72 Å². The van der Waals surface area contributed by atoms with E-state index >= 15 is 0 Å². The van der Waals surface area contributed by atoms with Crippen molar-refractivity contribution in [2.75, 3.05) is 0 Å². The monoisotopic (exact) mass is 308 g/mol. The number of hydrogen-bond acceptors (Lipinski definition) is 4. The summed E-state index contributed by atoms with van der Waals surface area (Å²) in [6.45, 7) is 0. The lowest BCUT2D eigenvalue weighted by Gasteiger charge is -2.20. The second kappa shape index (κ2) is 5.36. The largest absolute Gasteiger partial charge is 0.332 e. The molecule has 2 heterocycles. The minimum absolute atomic E-state index is 0.315. The Morgan fingerprint density at radius 3 is 2.33 bits per heavy atom. The Bertz CT molecular complexity index is 796. The van der Waals surface area contributed by atoms with Gasteiger partial charge in [0.05, 0.1) is 0 Å². The molecule has 0 bridgehead atoms. The molecule has 21 heavy (non-hydrogen) atoms. The molecule has 1 fully saturated rings. The zero-order valence-electron chi connectivity index (χ0n) is 12.6. The highest BCUT2D eigenvalue weighted by Crippen LogP contribution is 2.33. The summed E-state index contributed by atoms with van der Waals surface area (Å²) in [6, 6.07) is 0. The molecule has 1 aliphatic carbocycles. The molecule has 6 nitrogen and oxygen atoms in total. The van der Waals surface area contributed by atoms with Crippen LogP contribution in [0.3, 0.4) is 0 Å². The smallest absolute Gasteiger partial charge is 0.308 e. The molecule has 3 rings (SSSR count). The Hall–Kier alpha value is -1.50. The zero-order chi connectivity index (χ0) is 15.1. The van der Waals surface area contributed by atoms with E-state index in [4.69, 9.17) is 0 Å². The van der Waals surface area contributed by atoms with Crippen molar-refractivity contribution in [2.45, 2.75) is 42.5 Å². The van der Waals surface area contributed by atoms with Crippen molar-refractivity contribution in [3.05, 3.63) is 20.8 Å². The van der Waals surface area contributed by atoms with Crippen molar-refractivity contribution in [1.29, 1.82) is 0 Å². The Kier molecular flexibility index (Phi) is 3.69. The van der Waals surface area contributed by atoms with E-state index in [0.29, 0.717) is 16.4 Å². The van der Waals surface area contributed by atoms with Gasteiger partial charge in [0.1, 0.15) is 0 Å². The number of fused-ring (bicyclic) bond motifs is 1. The fraction of sp³-hybridized carbons (Fsp3) is 0.643. The Labute approximate surface area is 126 Å². The summed E-state index contributed by atoms with van der Waals surface area (Å²) in [7, 11) is 5.05. The fourth-order valence-corrected chi connectivity index (χ4v) is 4.25. The quantitative estimate of drug-likeness (QED) is 0.841. The highest BCUT2D eigenvalue weighted by atomic mass is 32.2.